The number of nitrogens with zero attached hydrogens (tertiary/aromatic N) is 2. The van der Waals surface area contributed by atoms with Crippen LogP contribution in [0.3, 0.4) is 0 Å². The van der Waals surface area contributed by atoms with E-state index < -0.39 is 11.8 Å². The van der Waals surface area contributed by atoms with Gasteiger partial charge < -0.3 is 15.4 Å². The number of primary amides is 1. The Balaban J connectivity index is 2.16. The molecule has 0 aliphatic carbocycles. The first-order chi connectivity index (χ1) is 11.4. The minimum absolute atomic E-state index is 0.113. The van der Waals surface area contributed by atoms with Gasteiger partial charge in [-0.15, -0.1) is 0 Å². The maximum Gasteiger partial charge on any atom is 0.256 e. The summed E-state index contributed by atoms with van der Waals surface area (Å²) in [5.41, 5.74) is 6.32. The summed E-state index contributed by atoms with van der Waals surface area (Å²) in [5, 5.41) is 0.665. The zero-order valence-electron chi connectivity index (χ0n) is 13.4. The summed E-state index contributed by atoms with van der Waals surface area (Å²) in [6.07, 6.45) is -0.121. The number of nitrogens with two attached hydrogens (primary N) is 1. The van der Waals surface area contributed by atoms with Gasteiger partial charge in [-0.2, -0.15) is 0 Å². The van der Waals surface area contributed by atoms with Gasteiger partial charge in [0, 0.05) is 31.3 Å². The molecular formula is C17H19F2N3O2. The molecule has 0 atom stereocenters. The number of pyridine rings is 1. The Bertz CT molecular complexity index is 780. The van der Waals surface area contributed by atoms with Gasteiger partial charge in [-0.1, -0.05) is 12.1 Å². The van der Waals surface area contributed by atoms with E-state index in [0.29, 0.717) is 35.4 Å². The average molecular weight is 335 g/mol. The van der Waals surface area contributed by atoms with Gasteiger partial charge in [-0.25, -0.2) is 13.8 Å². The van der Waals surface area contributed by atoms with Crippen LogP contribution >= 0.6 is 0 Å². The summed E-state index contributed by atoms with van der Waals surface area (Å²) < 4.78 is 32.7. The van der Waals surface area contributed by atoms with Crippen LogP contribution in [0.25, 0.3) is 10.9 Å². The van der Waals surface area contributed by atoms with E-state index in [4.69, 9.17) is 10.5 Å². The second-order valence-corrected chi connectivity index (χ2v) is 5.92. The molecule has 0 spiro atoms. The smallest absolute Gasteiger partial charge is 0.256 e. The summed E-state index contributed by atoms with van der Waals surface area (Å²) in [6.45, 7) is 0.506. The predicted octanol–water partition coefficient (Wildman–Crippen LogP) is 2.97. The first kappa shape index (κ1) is 16.4. The van der Waals surface area contributed by atoms with Gasteiger partial charge in [0.1, 0.15) is 17.1 Å². The van der Waals surface area contributed by atoms with Crippen molar-refractivity contribution in [3.8, 4) is 5.75 Å². The van der Waals surface area contributed by atoms with Crippen LogP contribution in [0.5, 0.6) is 5.75 Å². The number of hydrogen-bond donors (Lipinski definition) is 1. The van der Waals surface area contributed by atoms with Crippen molar-refractivity contribution in [2.45, 2.75) is 25.2 Å². The fourth-order valence-electron chi connectivity index (χ4n) is 3.11. The molecule has 2 aromatic rings. The minimum atomic E-state index is -2.69. The van der Waals surface area contributed by atoms with Gasteiger partial charge in [-0.05, 0) is 18.6 Å². The Morgan fingerprint density at radius 2 is 2.04 bits per heavy atom. The number of ether oxygens (including phenoxy) is 1. The van der Waals surface area contributed by atoms with Gasteiger partial charge >= 0.3 is 0 Å². The molecule has 1 aromatic carbocycles. The van der Waals surface area contributed by atoms with Crippen LogP contribution in [0, 0.1) is 0 Å². The molecule has 0 unspecified atom stereocenters. The largest absolute Gasteiger partial charge is 0.495 e. The topological polar surface area (TPSA) is 68.5 Å². The van der Waals surface area contributed by atoms with E-state index in [-0.39, 0.29) is 24.9 Å². The van der Waals surface area contributed by atoms with Crippen molar-refractivity contribution in [1.29, 1.82) is 0 Å². The third-order valence-electron chi connectivity index (χ3n) is 4.29. The number of alkyl halides is 2. The highest BCUT2D eigenvalue weighted by atomic mass is 19.3. The van der Waals surface area contributed by atoms with Gasteiger partial charge in [0.15, 0.2) is 0 Å². The van der Waals surface area contributed by atoms with Crippen molar-refractivity contribution in [3.63, 3.8) is 0 Å². The first-order valence-corrected chi connectivity index (χ1v) is 7.82. The molecule has 7 heteroatoms. The Morgan fingerprint density at radius 1 is 1.29 bits per heavy atom. The van der Waals surface area contributed by atoms with Crippen LogP contribution in [-0.2, 0) is 0 Å². The number of para-hydroxylation sites is 1. The highest BCUT2D eigenvalue weighted by Crippen LogP contribution is 2.37. The van der Waals surface area contributed by atoms with E-state index in [1.807, 2.05) is 12.1 Å². The zero-order valence-corrected chi connectivity index (χ0v) is 13.4. The lowest BCUT2D eigenvalue weighted by atomic mass is 10.1. The molecule has 0 radical (unpaired) electrons. The number of hydrogen-bond acceptors (Lipinski definition) is 4. The summed E-state index contributed by atoms with van der Waals surface area (Å²) in [7, 11) is 1.45. The average Bonchev–Trinajstić information content (AvgIpc) is 2.73. The molecule has 3 rings (SSSR count). The lowest BCUT2D eigenvalue weighted by Gasteiger charge is -2.25. The van der Waals surface area contributed by atoms with Crippen molar-refractivity contribution >= 4 is 22.6 Å². The number of carbonyl (C=O) groups is 1. The number of carbonyl (C=O) groups excluding carboxylic acids is 1. The quantitative estimate of drug-likeness (QED) is 0.936. The Hall–Kier alpha value is -2.44. The van der Waals surface area contributed by atoms with Crippen LogP contribution in [0.4, 0.5) is 14.6 Å². The lowest BCUT2D eigenvalue weighted by molar-refractivity contribution is -0.0102. The normalized spacial score (nSPS) is 17.5. The molecule has 1 aliphatic heterocycles. The highest BCUT2D eigenvalue weighted by Gasteiger charge is 2.33. The molecule has 2 heterocycles. The van der Waals surface area contributed by atoms with Crippen LogP contribution < -0.4 is 15.4 Å². The van der Waals surface area contributed by atoms with Crippen molar-refractivity contribution in [1.82, 2.24) is 4.98 Å². The lowest BCUT2D eigenvalue weighted by Crippen LogP contribution is -2.30. The predicted molar refractivity (Wildman–Crippen MR) is 87.8 cm³/mol. The van der Waals surface area contributed by atoms with Gasteiger partial charge in [0.25, 0.3) is 5.91 Å². The minimum Gasteiger partial charge on any atom is -0.495 e. The SMILES string of the molecule is COc1c(C(N)=O)c(N2CCCC(F)(F)CC2)nc2ccccc12. The molecule has 1 fully saturated rings. The van der Waals surface area contributed by atoms with E-state index in [0.717, 1.165) is 0 Å². The van der Waals surface area contributed by atoms with Crippen molar-refractivity contribution in [2.24, 2.45) is 5.73 Å². The number of amides is 1. The number of anilines is 1. The van der Waals surface area contributed by atoms with Crippen molar-refractivity contribution in [3.05, 3.63) is 29.8 Å². The van der Waals surface area contributed by atoms with Gasteiger partial charge in [0.2, 0.25) is 5.92 Å². The maximum atomic E-state index is 13.6. The monoisotopic (exact) mass is 335 g/mol. The fraction of sp³-hybridized carbons (Fsp3) is 0.412. The number of rotatable bonds is 3. The molecule has 128 valence electrons. The molecule has 0 bridgehead atoms. The number of aromatic nitrogens is 1. The molecule has 5 nitrogen and oxygen atoms in total. The number of methoxy groups -OCH3 is 1. The molecule has 1 amide bonds. The molecular weight excluding hydrogens is 316 g/mol. The fourth-order valence-corrected chi connectivity index (χ4v) is 3.11. The molecule has 0 saturated carbocycles. The van der Waals surface area contributed by atoms with Crippen molar-refractivity contribution < 1.29 is 18.3 Å². The number of benzene rings is 1. The van der Waals surface area contributed by atoms with E-state index >= 15 is 0 Å². The third kappa shape index (κ3) is 2.98. The van der Waals surface area contributed by atoms with Crippen LogP contribution in [0.2, 0.25) is 0 Å². The Morgan fingerprint density at radius 3 is 2.75 bits per heavy atom. The van der Waals surface area contributed by atoms with E-state index in [1.54, 1.807) is 17.0 Å². The summed E-state index contributed by atoms with van der Waals surface area (Å²) >= 11 is 0. The van der Waals surface area contributed by atoms with Gasteiger partial charge in [0.05, 0.1) is 12.6 Å². The van der Waals surface area contributed by atoms with Crippen LogP contribution in [0.1, 0.15) is 29.6 Å². The van der Waals surface area contributed by atoms with Crippen molar-refractivity contribution in [2.75, 3.05) is 25.1 Å². The summed E-state index contributed by atoms with van der Waals surface area (Å²) in [4.78, 5) is 18.3. The number of halogens is 2. The standard InChI is InChI=1S/C17H19F2N3O2/c1-24-14-11-5-2-3-6-12(11)21-16(13(14)15(20)23)22-9-4-7-17(18,19)8-10-22/h2-3,5-6H,4,7-10H2,1H3,(H2,20,23). The molecule has 1 aliphatic rings. The molecule has 1 aromatic heterocycles. The number of fused-ring (bicyclic) bond motifs is 1. The highest BCUT2D eigenvalue weighted by molar-refractivity contribution is 6.06. The van der Waals surface area contributed by atoms with E-state index in [9.17, 15) is 13.6 Å². The Kier molecular flexibility index (Phi) is 4.26. The summed E-state index contributed by atoms with van der Waals surface area (Å²) in [6, 6.07) is 7.20. The second-order valence-electron chi connectivity index (χ2n) is 5.92. The second kappa shape index (κ2) is 6.22. The van der Waals surface area contributed by atoms with E-state index in [2.05, 4.69) is 4.98 Å². The zero-order chi connectivity index (χ0) is 17.3. The van der Waals surface area contributed by atoms with Crippen LogP contribution in [0.15, 0.2) is 24.3 Å². The molecule has 1 saturated heterocycles. The molecule has 2 N–H and O–H groups in total. The first-order valence-electron chi connectivity index (χ1n) is 7.82. The molecule has 24 heavy (non-hydrogen) atoms. The Labute approximate surface area is 138 Å². The van der Waals surface area contributed by atoms with Crippen LogP contribution in [-0.4, -0.2) is 37.0 Å². The third-order valence-corrected chi connectivity index (χ3v) is 4.29. The maximum absolute atomic E-state index is 13.6. The van der Waals surface area contributed by atoms with E-state index in [1.165, 1.54) is 7.11 Å². The van der Waals surface area contributed by atoms with Gasteiger partial charge in [-0.3, -0.25) is 4.79 Å². The summed E-state index contributed by atoms with van der Waals surface area (Å²) in [5.74, 6) is -2.73.